The van der Waals surface area contributed by atoms with Gasteiger partial charge in [-0.15, -0.1) is 0 Å². The molecule has 144 valence electrons. The van der Waals surface area contributed by atoms with Crippen molar-refractivity contribution in [2.24, 2.45) is 0 Å². The Labute approximate surface area is 174 Å². The van der Waals surface area contributed by atoms with Gasteiger partial charge < -0.3 is 10.6 Å². The summed E-state index contributed by atoms with van der Waals surface area (Å²) in [6.45, 7) is 2.73. The van der Waals surface area contributed by atoms with Crippen LogP contribution in [0.4, 0.5) is 11.4 Å². The first-order valence-electron chi connectivity index (χ1n) is 9.27. The number of halogens is 1. The normalized spacial score (nSPS) is 13.3. The molecule has 1 aliphatic rings. The van der Waals surface area contributed by atoms with Crippen LogP contribution in [-0.4, -0.2) is 11.6 Å². The average Bonchev–Trinajstić information content (AvgIpc) is 2.75. The van der Waals surface area contributed by atoms with Gasteiger partial charge in [0.25, 0.3) is 0 Å². The maximum Gasteiger partial charge on any atom is 0.211 e. The summed E-state index contributed by atoms with van der Waals surface area (Å²) in [5, 5.41) is 6.30. The molecule has 3 aromatic carbocycles. The summed E-state index contributed by atoms with van der Waals surface area (Å²) in [5.41, 5.74) is 4.87. The van der Waals surface area contributed by atoms with Crippen molar-refractivity contribution in [1.29, 1.82) is 0 Å². The predicted molar refractivity (Wildman–Crippen MR) is 117 cm³/mol. The van der Waals surface area contributed by atoms with Crippen LogP contribution in [0.15, 0.2) is 83.5 Å². The van der Waals surface area contributed by atoms with Gasteiger partial charge in [-0.1, -0.05) is 65.7 Å². The van der Waals surface area contributed by atoms with Gasteiger partial charge in [0.2, 0.25) is 11.6 Å². The van der Waals surface area contributed by atoms with E-state index in [2.05, 4.69) is 29.7 Å². The van der Waals surface area contributed by atoms with E-state index in [1.807, 2.05) is 36.4 Å². The number of fused-ring (bicyclic) bond motifs is 1. The van der Waals surface area contributed by atoms with Crippen molar-refractivity contribution < 1.29 is 9.59 Å². The van der Waals surface area contributed by atoms with Crippen molar-refractivity contribution in [2.75, 3.05) is 10.6 Å². The first-order valence-corrected chi connectivity index (χ1v) is 9.65. The van der Waals surface area contributed by atoms with Crippen molar-refractivity contribution in [3.05, 3.63) is 106 Å². The molecular weight excluding hydrogens is 384 g/mol. The minimum Gasteiger partial charge on any atom is -0.381 e. The summed E-state index contributed by atoms with van der Waals surface area (Å²) in [5.74, 6) is -0.626. The number of hydrogen-bond acceptors (Lipinski definition) is 4. The lowest BCUT2D eigenvalue weighted by Crippen LogP contribution is -2.24. The maximum atomic E-state index is 12.8. The monoisotopic (exact) mass is 402 g/mol. The zero-order valence-corrected chi connectivity index (χ0v) is 16.6. The van der Waals surface area contributed by atoms with E-state index in [9.17, 15) is 9.59 Å². The quantitative estimate of drug-likeness (QED) is 0.587. The van der Waals surface area contributed by atoms with Crippen LogP contribution in [0.1, 0.15) is 31.8 Å². The lowest BCUT2D eigenvalue weighted by atomic mass is 9.92. The second-order valence-corrected chi connectivity index (χ2v) is 7.31. The fraction of sp³-hybridized carbons (Fsp3) is 0.0833. The van der Waals surface area contributed by atoms with E-state index in [1.165, 1.54) is 5.56 Å². The van der Waals surface area contributed by atoms with E-state index < -0.39 is 0 Å². The smallest absolute Gasteiger partial charge is 0.211 e. The molecule has 0 saturated heterocycles. The molecule has 4 nitrogen and oxygen atoms in total. The van der Waals surface area contributed by atoms with Crippen LogP contribution in [-0.2, 0) is 6.54 Å². The highest BCUT2D eigenvalue weighted by molar-refractivity contribution is 6.50. The molecule has 0 aromatic heterocycles. The average molecular weight is 403 g/mol. The Hall–Kier alpha value is -3.37. The number of Topliss-reactive ketones (excluding diaryl/α,β-unsaturated/α-hetero) is 2. The Kier molecular flexibility index (Phi) is 5.19. The van der Waals surface area contributed by atoms with E-state index >= 15 is 0 Å². The summed E-state index contributed by atoms with van der Waals surface area (Å²) in [6, 6.07) is 22.6. The molecule has 5 heteroatoms. The molecule has 3 aromatic rings. The van der Waals surface area contributed by atoms with Crippen molar-refractivity contribution in [2.45, 2.75) is 13.5 Å². The lowest BCUT2D eigenvalue weighted by molar-refractivity contribution is 0.0982. The minimum absolute atomic E-state index is 0.0844. The third kappa shape index (κ3) is 3.93. The highest BCUT2D eigenvalue weighted by atomic mass is 35.5. The van der Waals surface area contributed by atoms with Crippen molar-refractivity contribution >= 4 is 34.5 Å². The van der Waals surface area contributed by atoms with Gasteiger partial charge in [0, 0.05) is 29.0 Å². The van der Waals surface area contributed by atoms with E-state index in [0.717, 1.165) is 11.3 Å². The van der Waals surface area contributed by atoms with Crippen molar-refractivity contribution in [3.63, 3.8) is 0 Å². The Bertz CT molecular complexity index is 1120. The molecule has 0 saturated carbocycles. The molecule has 0 amide bonds. The predicted octanol–water partition coefficient (Wildman–Crippen LogP) is 5.55. The van der Waals surface area contributed by atoms with Gasteiger partial charge in [-0.3, -0.25) is 9.59 Å². The Morgan fingerprint density at radius 1 is 0.759 bits per heavy atom. The number of hydrogen-bond donors (Lipinski definition) is 2. The van der Waals surface area contributed by atoms with Gasteiger partial charge in [-0.2, -0.15) is 0 Å². The summed E-state index contributed by atoms with van der Waals surface area (Å²) in [6.07, 6.45) is 0. The van der Waals surface area contributed by atoms with Gasteiger partial charge in [0.1, 0.15) is 10.7 Å². The number of anilines is 2. The van der Waals surface area contributed by atoms with E-state index in [-0.39, 0.29) is 22.3 Å². The topological polar surface area (TPSA) is 58.2 Å². The number of aryl methyl sites for hydroxylation is 1. The molecule has 0 atom stereocenters. The van der Waals surface area contributed by atoms with E-state index in [4.69, 9.17) is 11.6 Å². The second-order valence-electron chi connectivity index (χ2n) is 6.93. The van der Waals surface area contributed by atoms with Crippen molar-refractivity contribution in [1.82, 2.24) is 0 Å². The molecular formula is C24H19ClN2O2. The number of nitrogens with one attached hydrogen (secondary N) is 2. The summed E-state index contributed by atoms with van der Waals surface area (Å²) < 4.78 is 0. The molecule has 0 spiro atoms. The second kappa shape index (κ2) is 7.94. The molecule has 29 heavy (non-hydrogen) atoms. The maximum absolute atomic E-state index is 12.8. The number of carbonyl (C=O) groups excluding carboxylic acids is 2. The Morgan fingerprint density at radius 2 is 1.34 bits per heavy atom. The SMILES string of the molecule is Cc1ccc(NCc2ccc(NC3=C(Cl)C(=O)c4ccccc4C3=O)cc2)cc1. The van der Waals surface area contributed by atoms with Gasteiger partial charge in [-0.05, 0) is 36.8 Å². The highest BCUT2D eigenvalue weighted by Gasteiger charge is 2.31. The van der Waals surface area contributed by atoms with Crippen LogP contribution >= 0.6 is 11.6 Å². The van der Waals surface area contributed by atoms with Crippen LogP contribution in [0.5, 0.6) is 0 Å². The number of benzene rings is 3. The molecule has 0 heterocycles. The highest BCUT2D eigenvalue weighted by Crippen LogP contribution is 2.29. The first-order chi connectivity index (χ1) is 14.0. The summed E-state index contributed by atoms with van der Waals surface area (Å²) in [7, 11) is 0. The third-order valence-electron chi connectivity index (χ3n) is 4.83. The number of allylic oxidation sites excluding steroid dienone is 2. The van der Waals surface area contributed by atoms with E-state index in [0.29, 0.717) is 23.4 Å². The molecule has 0 fully saturated rings. The number of ketones is 2. The largest absolute Gasteiger partial charge is 0.381 e. The van der Waals surface area contributed by atoms with Crippen LogP contribution in [0, 0.1) is 6.92 Å². The lowest BCUT2D eigenvalue weighted by Gasteiger charge is -2.19. The Balaban J connectivity index is 1.47. The zero-order valence-electron chi connectivity index (χ0n) is 15.8. The van der Waals surface area contributed by atoms with Crippen LogP contribution in [0.2, 0.25) is 0 Å². The number of carbonyl (C=O) groups is 2. The summed E-state index contributed by atoms with van der Waals surface area (Å²) >= 11 is 6.20. The van der Waals surface area contributed by atoms with Crippen molar-refractivity contribution in [3.8, 4) is 0 Å². The molecule has 2 N–H and O–H groups in total. The molecule has 0 aliphatic heterocycles. The minimum atomic E-state index is -0.344. The third-order valence-corrected chi connectivity index (χ3v) is 5.19. The van der Waals surface area contributed by atoms with Gasteiger partial charge in [0.05, 0.1) is 0 Å². The number of rotatable bonds is 5. The van der Waals surface area contributed by atoms with Crippen LogP contribution in [0.3, 0.4) is 0 Å². The van der Waals surface area contributed by atoms with Crippen LogP contribution < -0.4 is 10.6 Å². The van der Waals surface area contributed by atoms with Crippen LogP contribution in [0.25, 0.3) is 0 Å². The molecule has 1 aliphatic carbocycles. The Morgan fingerprint density at radius 3 is 2.00 bits per heavy atom. The molecule has 0 radical (unpaired) electrons. The van der Waals surface area contributed by atoms with Gasteiger partial charge >= 0.3 is 0 Å². The summed E-state index contributed by atoms with van der Waals surface area (Å²) in [4.78, 5) is 25.2. The standard InChI is InChI=1S/C24H19ClN2O2/c1-15-6-10-17(11-7-15)26-14-16-8-12-18(13-9-16)27-22-21(25)23(28)19-4-2-3-5-20(19)24(22)29/h2-13,26-27H,14H2,1H3. The fourth-order valence-corrected chi connectivity index (χ4v) is 3.42. The van der Waals surface area contributed by atoms with Gasteiger partial charge in [-0.25, -0.2) is 0 Å². The van der Waals surface area contributed by atoms with E-state index in [1.54, 1.807) is 24.3 Å². The fourth-order valence-electron chi connectivity index (χ4n) is 3.18. The van der Waals surface area contributed by atoms with Gasteiger partial charge in [0.15, 0.2) is 0 Å². The first kappa shape index (κ1) is 19.0. The molecule has 4 rings (SSSR count). The molecule has 0 bridgehead atoms. The molecule has 0 unspecified atom stereocenters. The zero-order chi connectivity index (χ0) is 20.4.